The van der Waals surface area contributed by atoms with Crippen molar-refractivity contribution in [3.63, 3.8) is 0 Å². The van der Waals surface area contributed by atoms with Gasteiger partial charge >= 0.3 is 0 Å². The lowest BCUT2D eigenvalue weighted by atomic mass is 10.0. The minimum Gasteiger partial charge on any atom is -0.362 e. The fourth-order valence-electron chi connectivity index (χ4n) is 2.64. The summed E-state index contributed by atoms with van der Waals surface area (Å²) in [5.41, 5.74) is 3.87. The predicted molar refractivity (Wildman–Crippen MR) is 87.7 cm³/mol. The maximum absolute atomic E-state index is 12.0. The van der Waals surface area contributed by atoms with Gasteiger partial charge in [0.1, 0.15) is 0 Å². The molecular weight excluding hydrogens is 262 g/mol. The van der Waals surface area contributed by atoms with E-state index in [9.17, 15) is 4.79 Å². The third-order valence-corrected chi connectivity index (χ3v) is 4.07. The molecule has 1 amide bonds. The van der Waals surface area contributed by atoms with Gasteiger partial charge in [-0.15, -0.1) is 0 Å². The van der Waals surface area contributed by atoms with Gasteiger partial charge in [0.15, 0.2) is 0 Å². The normalized spacial score (nSPS) is 15.2. The zero-order chi connectivity index (χ0) is 15.4. The first-order chi connectivity index (χ1) is 10.0. The number of carbonyl (C=O) groups is 1. The molecule has 2 N–H and O–H groups in total. The highest BCUT2D eigenvalue weighted by Crippen LogP contribution is 2.30. The molecule has 0 bridgehead atoms. The van der Waals surface area contributed by atoms with Gasteiger partial charge in [-0.2, -0.15) is 0 Å². The van der Waals surface area contributed by atoms with Gasteiger partial charge in [-0.25, -0.2) is 0 Å². The highest BCUT2D eigenvalue weighted by molar-refractivity contribution is 5.82. The maximum atomic E-state index is 12.0. The van der Waals surface area contributed by atoms with E-state index < -0.39 is 0 Å². The molecule has 0 saturated carbocycles. The number of nitrogens with zero attached hydrogens (tertiary/aromatic N) is 1. The summed E-state index contributed by atoms with van der Waals surface area (Å²) in [6, 6.07) is 6.94. The standard InChI is InChI=1S/C17H27N3O/c1-12(2)10-19-17(21)11-20-8-7-15-9-14(13(3)18-4)5-6-16(15)20/h5-6,9,12-13,18H,7-8,10-11H2,1-4H3,(H,19,21). The second-order valence-corrected chi connectivity index (χ2v) is 6.27. The van der Waals surface area contributed by atoms with Crippen LogP contribution in [0.5, 0.6) is 0 Å². The van der Waals surface area contributed by atoms with Crippen molar-refractivity contribution in [1.82, 2.24) is 10.6 Å². The fraction of sp³-hybridized carbons (Fsp3) is 0.588. The molecule has 1 aliphatic heterocycles. The Morgan fingerprint density at radius 3 is 2.76 bits per heavy atom. The van der Waals surface area contributed by atoms with Crippen LogP contribution in [0.25, 0.3) is 0 Å². The van der Waals surface area contributed by atoms with Crippen molar-refractivity contribution in [3.05, 3.63) is 29.3 Å². The molecule has 4 nitrogen and oxygen atoms in total. The molecule has 116 valence electrons. The van der Waals surface area contributed by atoms with Gasteiger partial charge in [0.25, 0.3) is 0 Å². The van der Waals surface area contributed by atoms with Crippen LogP contribution in [0.4, 0.5) is 5.69 Å². The number of benzene rings is 1. The Hall–Kier alpha value is -1.55. The van der Waals surface area contributed by atoms with Crippen molar-refractivity contribution >= 4 is 11.6 Å². The molecule has 0 aromatic heterocycles. The van der Waals surface area contributed by atoms with Crippen molar-refractivity contribution in [3.8, 4) is 0 Å². The number of hydrogen-bond acceptors (Lipinski definition) is 3. The van der Waals surface area contributed by atoms with Gasteiger partial charge in [-0.1, -0.05) is 26.0 Å². The van der Waals surface area contributed by atoms with E-state index in [-0.39, 0.29) is 5.91 Å². The Labute approximate surface area is 127 Å². The monoisotopic (exact) mass is 289 g/mol. The molecule has 0 fully saturated rings. The van der Waals surface area contributed by atoms with Crippen LogP contribution in [0.2, 0.25) is 0 Å². The number of hydrogen-bond donors (Lipinski definition) is 2. The zero-order valence-corrected chi connectivity index (χ0v) is 13.6. The molecule has 1 aromatic carbocycles. The summed E-state index contributed by atoms with van der Waals surface area (Å²) in [7, 11) is 1.98. The van der Waals surface area contributed by atoms with E-state index in [1.54, 1.807) is 0 Å². The molecule has 0 saturated heterocycles. The molecular formula is C17H27N3O. The second kappa shape index (κ2) is 6.94. The highest BCUT2D eigenvalue weighted by Gasteiger charge is 2.21. The van der Waals surface area contributed by atoms with Gasteiger partial charge < -0.3 is 15.5 Å². The van der Waals surface area contributed by atoms with Crippen LogP contribution >= 0.6 is 0 Å². The number of anilines is 1. The Morgan fingerprint density at radius 1 is 1.33 bits per heavy atom. The number of nitrogens with one attached hydrogen (secondary N) is 2. The van der Waals surface area contributed by atoms with Crippen molar-refractivity contribution < 1.29 is 4.79 Å². The summed E-state index contributed by atoms with van der Waals surface area (Å²) in [6.45, 7) is 8.51. The van der Waals surface area contributed by atoms with Crippen LogP contribution in [0.15, 0.2) is 18.2 Å². The van der Waals surface area contributed by atoms with Crippen LogP contribution in [-0.4, -0.2) is 32.6 Å². The van der Waals surface area contributed by atoms with Crippen molar-refractivity contribution in [2.75, 3.05) is 31.6 Å². The van der Waals surface area contributed by atoms with Crippen LogP contribution in [0.1, 0.15) is 37.9 Å². The molecule has 0 radical (unpaired) electrons. The molecule has 1 aromatic rings. The lowest BCUT2D eigenvalue weighted by molar-refractivity contribution is -0.119. The Kier molecular flexibility index (Phi) is 5.23. The summed E-state index contributed by atoms with van der Waals surface area (Å²) >= 11 is 0. The SMILES string of the molecule is CNC(C)c1ccc2c(c1)CCN2CC(=O)NCC(C)C. The Bertz CT molecular complexity index is 499. The third-order valence-electron chi connectivity index (χ3n) is 4.07. The minimum absolute atomic E-state index is 0.115. The van der Waals surface area contributed by atoms with Gasteiger partial charge in [0.05, 0.1) is 6.54 Å². The van der Waals surface area contributed by atoms with Crippen molar-refractivity contribution in [1.29, 1.82) is 0 Å². The summed E-state index contributed by atoms with van der Waals surface area (Å²) < 4.78 is 0. The first-order valence-electron chi connectivity index (χ1n) is 7.83. The fourth-order valence-corrected chi connectivity index (χ4v) is 2.64. The topological polar surface area (TPSA) is 44.4 Å². The summed E-state index contributed by atoms with van der Waals surface area (Å²) in [6.07, 6.45) is 1.02. The van der Waals surface area contributed by atoms with Gasteiger partial charge in [0, 0.05) is 24.8 Å². The molecule has 1 heterocycles. The lowest BCUT2D eigenvalue weighted by Gasteiger charge is -2.20. The van der Waals surface area contributed by atoms with Gasteiger partial charge in [-0.3, -0.25) is 4.79 Å². The summed E-state index contributed by atoms with van der Waals surface area (Å²) in [5.74, 6) is 0.606. The molecule has 4 heteroatoms. The van der Waals surface area contributed by atoms with Crippen molar-refractivity contribution in [2.45, 2.75) is 33.2 Å². The van der Waals surface area contributed by atoms with E-state index in [0.717, 1.165) is 19.5 Å². The smallest absolute Gasteiger partial charge is 0.239 e. The van der Waals surface area contributed by atoms with Crippen LogP contribution in [-0.2, 0) is 11.2 Å². The number of fused-ring (bicyclic) bond motifs is 1. The van der Waals surface area contributed by atoms with Gasteiger partial charge in [0.2, 0.25) is 5.91 Å². The molecule has 0 aliphatic carbocycles. The lowest BCUT2D eigenvalue weighted by Crippen LogP contribution is -2.37. The molecule has 1 aliphatic rings. The predicted octanol–water partition coefficient (Wildman–Crippen LogP) is 2.10. The number of rotatable bonds is 6. The first kappa shape index (κ1) is 15.8. The average Bonchev–Trinajstić information content (AvgIpc) is 2.86. The summed E-state index contributed by atoms with van der Waals surface area (Å²) in [5, 5.41) is 6.25. The van der Waals surface area contributed by atoms with E-state index in [2.05, 4.69) is 54.5 Å². The van der Waals surface area contributed by atoms with Crippen LogP contribution in [0.3, 0.4) is 0 Å². The van der Waals surface area contributed by atoms with E-state index >= 15 is 0 Å². The third kappa shape index (κ3) is 3.97. The first-order valence-corrected chi connectivity index (χ1v) is 7.83. The zero-order valence-electron chi connectivity index (χ0n) is 13.6. The van der Waals surface area contributed by atoms with Crippen LogP contribution < -0.4 is 15.5 Å². The molecule has 2 rings (SSSR count). The Morgan fingerprint density at radius 2 is 2.10 bits per heavy atom. The number of carbonyl (C=O) groups excluding carboxylic acids is 1. The van der Waals surface area contributed by atoms with Crippen LogP contribution in [0, 0.1) is 5.92 Å². The molecule has 0 spiro atoms. The largest absolute Gasteiger partial charge is 0.362 e. The molecule has 1 unspecified atom stereocenters. The summed E-state index contributed by atoms with van der Waals surface area (Å²) in [4.78, 5) is 14.2. The molecule has 1 atom stereocenters. The molecule has 21 heavy (non-hydrogen) atoms. The van der Waals surface area contributed by atoms with E-state index in [1.807, 2.05) is 7.05 Å². The maximum Gasteiger partial charge on any atom is 0.239 e. The second-order valence-electron chi connectivity index (χ2n) is 6.27. The average molecular weight is 289 g/mol. The quantitative estimate of drug-likeness (QED) is 0.843. The van der Waals surface area contributed by atoms with E-state index in [1.165, 1.54) is 16.8 Å². The minimum atomic E-state index is 0.115. The highest BCUT2D eigenvalue weighted by atomic mass is 16.2. The van der Waals surface area contributed by atoms with Gasteiger partial charge in [-0.05, 0) is 43.5 Å². The Balaban J connectivity index is 2.00. The van der Waals surface area contributed by atoms with E-state index in [0.29, 0.717) is 18.5 Å². The van der Waals surface area contributed by atoms with Crippen molar-refractivity contribution in [2.24, 2.45) is 5.92 Å². The van der Waals surface area contributed by atoms with E-state index in [4.69, 9.17) is 0 Å². The number of amides is 1.